The summed E-state index contributed by atoms with van der Waals surface area (Å²) < 4.78 is 1.92. The van der Waals surface area contributed by atoms with E-state index in [0.717, 1.165) is 25.3 Å². The minimum atomic E-state index is -0.204. The monoisotopic (exact) mass is 347 g/mol. The molecule has 3 rings (SSSR count). The Kier molecular flexibility index (Phi) is 5.63. The lowest BCUT2D eigenvalue weighted by molar-refractivity contribution is 0.102. The Balaban J connectivity index is 1.57. The van der Waals surface area contributed by atoms with E-state index in [9.17, 15) is 4.79 Å². The van der Waals surface area contributed by atoms with E-state index < -0.39 is 0 Å². The average Bonchev–Trinajstić information content (AvgIpc) is 3.13. The molecule has 1 aliphatic rings. The summed E-state index contributed by atoms with van der Waals surface area (Å²) in [4.78, 5) is 23.4. The van der Waals surface area contributed by atoms with Gasteiger partial charge >= 0.3 is 0 Å². The highest BCUT2D eigenvalue weighted by Crippen LogP contribution is 2.19. The van der Waals surface area contributed by atoms with Crippen LogP contribution in [0.25, 0.3) is 0 Å². The molecule has 7 heteroatoms. The molecule has 1 saturated heterocycles. The second kappa shape index (κ2) is 7.90. The van der Waals surface area contributed by atoms with Crippen LogP contribution in [0.1, 0.15) is 61.8 Å². The number of thiazole rings is 1. The van der Waals surface area contributed by atoms with Crippen LogP contribution in [0.2, 0.25) is 0 Å². The van der Waals surface area contributed by atoms with Crippen LogP contribution in [0.5, 0.6) is 0 Å². The van der Waals surface area contributed by atoms with Gasteiger partial charge in [0.1, 0.15) is 5.69 Å². The van der Waals surface area contributed by atoms with Gasteiger partial charge in [0.25, 0.3) is 5.91 Å². The molecule has 0 radical (unpaired) electrons. The number of rotatable bonds is 5. The van der Waals surface area contributed by atoms with Gasteiger partial charge in [0.05, 0.1) is 12.0 Å². The topological polar surface area (TPSA) is 63.1 Å². The van der Waals surface area contributed by atoms with Crippen LogP contribution in [0.4, 0.5) is 5.13 Å². The Hall–Kier alpha value is -1.73. The maximum Gasteiger partial charge on any atom is 0.277 e. The van der Waals surface area contributed by atoms with Crippen LogP contribution in [0, 0.1) is 0 Å². The summed E-state index contributed by atoms with van der Waals surface area (Å²) in [6.45, 7) is 7.27. The van der Waals surface area contributed by atoms with Gasteiger partial charge in [-0.3, -0.25) is 15.0 Å². The van der Waals surface area contributed by atoms with Crippen LogP contribution < -0.4 is 5.32 Å². The zero-order chi connectivity index (χ0) is 16.9. The third-order valence-electron chi connectivity index (χ3n) is 4.29. The number of nitrogens with one attached hydrogen (secondary N) is 1. The van der Waals surface area contributed by atoms with E-state index in [-0.39, 0.29) is 5.91 Å². The lowest BCUT2D eigenvalue weighted by Gasteiger charge is -2.17. The van der Waals surface area contributed by atoms with Crippen molar-refractivity contribution in [2.75, 3.05) is 18.4 Å². The fourth-order valence-corrected chi connectivity index (χ4v) is 3.55. The largest absolute Gasteiger partial charge is 0.334 e. The molecule has 6 nitrogen and oxygen atoms in total. The SMILES string of the molecule is CC(C)n1cnc(C(=O)Nc2nc(CN3CCCCCC3)cs2)c1. The molecule has 1 aliphatic heterocycles. The van der Waals surface area contributed by atoms with Crippen molar-refractivity contribution in [3.05, 3.63) is 29.3 Å². The predicted molar refractivity (Wildman–Crippen MR) is 96.4 cm³/mol. The van der Waals surface area contributed by atoms with Crippen LogP contribution in [0.3, 0.4) is 0 Å². The van der Waals surface area contributed by atoms with Gasteiger partial charge in [0.15, 0.2) is 5.13 Å². The van der Waals surface area contributed by atoms with E-state index in [1.807, 2.05) is 9.95 Å². The summed E-state index contributed by atoms with van der Waals surface area (Å²) in [6, 6.07) is 0.291. The number of imidazole rings is 1. The third-order valence-corrected chi connectivity index (χ3v) is 5.09. The fraction of sp³-hybridized carbons (Fsp3) is 0.588. The van der Waals surface area contributed by atoms with Crippen molar-refractivity contribution in [1.82, 2.24) is 19.4 Å². The Morgan fingerprint density at radius 2 is 2.04 bits per heavy atom. The highest BCUT2D eigenvalue weighted by molar-refractivity contribution is 7.13. The second-order valence-corrected chi connectivity index (χ2v) is 7.45. The van der Waals surface area contributed by atoms with E-state index in [0.29, 0.717) is 16.9 Å². The molecule has 2 aromatic heterocycles. The van der Waals surface area contributed by atoms with Crippen molar-refractivity contribution in [2.45, 2.75) is 52.1 Å². The Labute approximate surface area is 146 Å². The molecule has 3 heterocycles. The number of carbonyl (C=O) groups is 1. The Bertz CT molecular complexity index is 670. The first kappa shape index (κ1) is 17.1. The number of aromatic nitrogens is 3. The van der Waals surface area contributed by atoms with Gasteiger partial charge in [-0.15, -0.1) is 11.3 Å². The molecule has 0 aliphatic carbocycles. The number of hydrogen-bond donors (Lipinski definition) is 1. The maximum absolute atomic E-state index is 12.3. The van der Waals surface area contributed by atoms with Gasteiger partial charge in [0, 0.05) is 24.2 Å². The van der Waals surface area contributed by atoms with Gasteiger partial charge < -0.3 is 4.57 Å². The smallest absolute Gasteiger partial charge is 0.277 e. The molecule has 2 aromatic rings. The first-order chi connectivity index (χ1) is 11.6. The number of anilines is 1. The lowest BCUT2D eigenvalue weighted by atomic mass is 10.2. The summed E-state index contributed by atoms with van der Waals surface area (Å²) >= 11 is 1.48. The van der Waals surface area contributed by atoms with Crippen LogP contribution in [0.15, 0.2) is 17.9 Å². The molecular formula is C17H25N5OS. The van der Waals surface area contributed by atoms with Crippen molar-refractivity contribution in [1.29, 1.82) is 0 Å². The molecule has 0 aromatic carbocycles. The first-order valence-electron chi connectivity index (χ1n) is 8.63. The van der Waals surface area contributed by atoms with Crippen LogP contribution >= 0.6 is 11.3 Å². The van der Waals surface area contributed by atoms with E-state index in [1.54, 1.807) is 12.5 Å². The predicted octanol–water partition coefficient (Wildman–Crippen LogP) is 3.55. The summed E-state index contributed by atoms with van der Waals surface area (Å²) in [5.41, 5.74) is 1.46. The third kappa shape index (κ3) is 4.42. The molecule has 0 unspecified atom stereocenters. The number of likely N-dealkylation sites (tertiary alicyclic amines) is 1. The van der Waals surface area contributed by atoms with Crippen LogP contribution in [-0.4, -0.2) is 38.4 Å². The number of carbonyl (C=O) groups excluding carboxylic acids is 1. The molecule has 1 fully saturated rings. The van der Waals surface area contributed by atoms with Gasteiger partial charge in [-0.2, -0.15) is 0 Å². The summed E-state index contributed by atoms with van der Waals surface area (Å²) in [7, 11) is 0. The highest BCUT2D eigenvalue weighted by Gasteiger charge is 2.15. The van der Waals surface area contributed by atoms with Gasteiger partial charge in [-0.25, -0.2) is 9.97 Å². The van der Waals surface area contributed by atoms with Crippen molar-refractivity contribution >= 4 is 22.4 Å². The van der Waals surface area contributed by atoms with Gasteiger partial charge in [-0.05, 0) is 39.8 Å². The zero-order valence-electron chi connectivity index (χ0n) is 14.4. The molecule has 0 spiro atoms. The van der Waals surface area contributed by atoms with E-state index in [1.165, 1.54) is 37.0 Å². The van der Waals surface area contributed by atoms with E-state index in [4.69, 9.17) is 0 Å². The number of amides is 1. The molecule has 1 amide bonds. The molecule has 1 N–H and O–H groups in total. The van der Waals surface area contributed by atoms with E-state index in [2.05, 4.69) is 34.0 Å². The maximum atomic E-state index is 12.3. The normalized spacial score (nSPS) is 16.3. The quantitative estimate of drug-likeness (QED) is 0.898. The lowest BCUT2D eigenvalue weighted by Crippen LogP contribution is -2.24. The number of nitrogens with zero attached hydrogens (tertiary/aromatic N) is 4. The molecular weight excluding hydrogens is 322 g/mol. The van der Waals surface area contributed by atoms with Gasteiger partial charge in [0.2, 0.25) is 0 Å². The van der Waals surface area contributed by atoms with Gasteiger partial charge in [-0.1, -0.05) is 12.8 Å². The molecule has 0 bridgehead atoms. The fourth-order valence-electron chi connectivity index (χ4n) is 2.86. The highest BCUT2D eigenvalue weighted by atomic mass is 32.1. The van der Waals surface area contributed by atoms with Crippen LogP contribution in [-0.2, 0) is 6.54 Å². The summed E-state index contributed by atoms with van der Waals surface area (Å²) in [5, 5.41) is 5.53. The summed E-state index contributed by atoms with van der Waals surface area (Å²) in [5.74, 6) is -0.204. The van der Waals surface area contributed by atoms with Crippen molar-refractivity contribution in [3.63, 3.8) is 0 Å². The van der Waals surface area contributed by atoms with E-state index >= 15 is 0 Å². The molecule has 0 saturated carbocycles. The van der Waals surface area contributed by atoms with Crippen molar-refractivity contribution in [3.8, 4) is 0 Å². The average molecular weight is 347 g/mol. The first-order valence-corrected chi connectivity index (χ1v) is 9.51. The molecule has 130 valence electrons. The zero-order valence-corrected chi connectivity index (χ0v) is 15.2. The second-order valence-electron chi connectivity index (χ2n) is 6.59. The Morgan fingerprint density at radius 1 is 1.29 bits per heavy atom. The molecule has 0 atom stereocenters. The summed E-state index contributed by atoms with van der Waals surface area (Å²) in [6.07, 6.45) is 8.66. The minimum absolute atomic E-state index is 0.204. The molecule has 24 heavy (non-hydrogen) atoms. The Morgan fingerprint density at radius 3 is 2.71 bits per heavy atom. The standard InChI is InChI=1S/C17H25N5OS/c1-13(2)22-10-15(18-12-22)16(23)20-17-19-14(11-24-17)9-21-7-5-3-4-6-8-21/h10-13H,3-9H2,1-2H3,(H,19,20,23). The number of hydrogen-bond acceptors (Lipinski definition) is 5. The van der Waals surface area contributed by atoms with Crippen molar-refractivity contribution in [2.24, 2.45) is 0 Å². The van der Waals surface area contributed by atoms with Crippen molar-refractivity contribution < 1.29 is 4.79 Å². The minimum Gasteiger partial charge on any atom is -0.334 e.